The lowest BCUT2D eigenvalue weighted by atomic mass is 10.0. The number of hydrogen-bond acceptors (Lipinski definition) is 2. The number of halogens is 1. The number of amides is 1. The van der Waals surface area contributed by atoms with Crippen molar-refractivity contribution in [1.29, 1.82) is 0 Å². The van der Waals surface area contributed by atoms with Crippen molar-refractivity contribution >= 4 is 12.2 Å². The van der Waals surface area contributed by atoms with E-state index in [2.05, 4.69) is 5.32 Å². The topological polar surface area (TPSA) is 46.2 Å². The number of carbonyl (C=O) groups excluding carboxylic acids is 2. The van der Waals surface area contributed by atoms with Crippen molar-refractivity contribution in [2.24, 2.45) is 0 Å². The molecule has 96 valence electrons. The van der Waals surface area contributed by atoms with E-state index in [0.717, 1.165) is 19.1 Å². The quantitative estimate of drug-likeness (QED) is 0.620. The predicted octanol–water partition coefficient (Wildman–Crippen LogP) is 2.24. The third-order valence-corrected chi connectivity index (χ3v) is 2.99. The first kappa shape index (κ1) is 12.7. The second-order valence-corrected chi connectivity index (χ2v) is 4.61. The zero-order valence-corrected chi connectivity index (χ0v) is 10.1. The molecule has 1 aliphatic rings. The molecule has 3 nitrogen and oxygen atoms in total. The van der Waals surface area contributed by atoms with Crippen LogP contribution in [0.15, 0.2) is 18.2 Å². The molecule has 0 unspecified atom stereocenters. The highest BCUT2D eigenvalue weighted by Crippen LogP contribution is 2.20. The first-order valence-corrected chi connectivity index (χ1v) is 6.23. The van der Waals surface area contributed by atoms with Gasteiger partial charge in [-0.25, -0.2) is 4.39 Å². The van der Waals surface area contributed by atoms with Crippen LogP contribution in [0.4, 0.5) is 4.39 Å². The molecule has 0 aromatic heterocycles. The van der Waals surface area contributed by atoms with E-state index in [1.807, 2.05) is 0 Å². The van der Waals surface area contributed by atoms with Gasteiger partial charge in [0.05, 0.1) is 0 Å². The average molecular weight is 249 g/mol. The number of hydrogen-bond donors (Lipinski definition) is 1. The van der Waals surface area contributed by atoms with Gasteiger partial charge in [-0.15, -0.1) is 0 Å². The van der Waals surface area contributed by atoms with Gasteiger partial charge in [0.2, 0.25) is 0 Å². The number of nitrogens with one attached hydrogen (secondary N) is 1. The summed E-state index contributed by atoms with van der Waals surface area (Å²) in [7, 11) is 0. The molecule has 2 rings (SSSR count). The van der Waals surface area contributed by atoms with Crippen LogP contribution in [-0.2, 0) is 11.2 Å². The van der Waals surface area contributed by atoms with Crippen molar-refractivity contribution in [3.05, 3.63) is 35.1 Å². The Kier molecular flexibility index (Phi) is 4.07. The Morgan fingerprint density at radius 2 is 2.22 bits per heavy atom. The average Bonchev–Trinajstić information content (AvgIpc) is 3.15. The molecule has 0 aliphatic heterocycles. The normalized spacial score (nSPS) is 14.3. The Morgan fingerprint density at radius 1 is 1.44 bits per heavy atom. The van der Waals surface area contributed by atoms with Gasteiger partial charge in [0.25, 0.3) is 5.91 Å². The van der Waals surface area contributed by atoms with Crippen LogP contribution in [0.5, 0.6) is 0 Å². The van der Waals surface area contributed by atoms with Gasteiger partial charge >= 0.3 is 0 Å². The maximum atomic E-state index is 13.5. The molecule has 0 saturated heterocycles. The van der Waals surface area contributed by atoms with Gasteiger partial charge in [-0.1, -0.05) is 0 Å². The van der Waals surface area contributed by atoms with Crippen molar-refractivity contribution in [2.75, 3.05) is 0 Å². The Morgan fingerprint density at radius 3 is 2.89 bits per heavy atom. The molecule has 0 bridgehead atoms. The van der Waals surface area contributed by atoms with Crippen LogP contribution >= 0.6 is 0 Å². The monoisotopic (exact) mass is 249 g/mol. The molecule has 0 spiro atoms. The highest BCUT2D eigenvalue weighted by Gasteiger charge is 2.24. The third-order valence-electron chi connectivity index (χ3n) is 2.99. The number of aryl methyl sites for hydroxylation is 1. The molecule has 1 amide bonds. The van der Waals surface area contributed by atoms with Gasteiger partial charge in [0.1, 0.15) is 12.1 Å². The number of unbranched alkanes of at least 4 members (excludes halogenated alkanes) is 1. The van der Waals surface area contributed by atoms with Gasteiger partial charge in [-0.2, -0.15) is 0 Å². The Labute approximate surface area is 105 Å². The highest BCUT2D eigenvalue weighted by atomic mass is 19.1. The van der Waals surface area contributed by atoms with E-state index in [-0.39, 0.29) is 11.7 Å². The summed E-state index contributed by atoms with van der Waals surface area (Å²) in [6.07, 6.45) is 4.38. The summed E-state index contributed by atoms with van der Waals surface area (Å²) in [6.45, 7) is 0. The minimum absolute atomic E-state index is 0.144. The van der Waals surface area contributed by atoms with Crippen molar-refractivity contribution in [3.63, 3.8) is 0 Å². The molecule has 0 radical (unpaired) electrons. The second kappa shape index (κ2) is 5.76. The van der Waals surface area contributed by atoms with Gasteiger partial charge in [-0.05, 0) is 49.4 Å². The zero-order valence-electron chi connectivity index (χ0n) is 10.1. The van der Waals surface area contributed by atoms with Gasteiger partial charge in [0, 0.05) is 18.0 Å². The minimum atomic E-state index is -0.316. The van der Waals surface area contributed by atoms with Gasteiger partial charge in [-0.3, -0.25) is 4.79 Å². The van der Waals surface area contributed by atoms with Gasteiger partial charge < -0.3 is 10.1 Å². The van der Waals surface area contributed by atoms with Gasteiger partial charge in [0.15, 0.2) is 0 Å². The maximum Gasteiger partial charge on any atom is 0.251 e. The highest BCUT2D eigenvalue weighted by molar-refractivity contribution is 5.94. The second-order valence-electron chi connectivity index (χ2n) is 4.61. The smallest absolute Gasteiger partial charge is 0.251 e. The van der Waals surface area contributed by atoms with E-state index in [0.29, 0.717) is 36.4 Å². The Hall–Kier alpha value is -1.71. The molecule has 0 atom stereocenters. The fraction of sp³-hybridized carbons (Fsp3) is 0.429. The lowest BCUT2D eigenvalue weighted by Gasteiger charge is -2.07. The first-order chi connectivity index (χ1) is 8.70. The number of benzene rings is 1. The molecule has 1 fully saturated rings. The van der Waals surface area contributed by atoms with Crippen LogP contribution in [-0.4, -0.2) is 18.2 Å². The van der Waals surface area contributed by atoms with Crippen LogP contribution in [0, 0.1) is 5.82 Å². The molecule has 1 aromatic rings. The number of rotatable bonds is 6. The summed E-state index contributed by atoms with van der Waals surface area (Å²) in [5.41, 5.74) is 0.990. The molecular formula is C14H16FNO2. The van der Waals surface area contributed by atoms with Crippen molar-refractivity contribution in [2.45, 2.75) is 38.1 Å². The summed E-state index contributed by atoms with van der Waals surface area (Å²) in [5.74, 6) is -0.460. The molecule has 1 aromatic carbocycles. The summed E-state index contributed by atoms with van der Waals surface area (Å²) in [5, 5.41) is 2.87. The first-order valence-electron chi connectivity index (χ1n) is 6.23. The maximum absolute atomic E-state index is 13.5. The third kappa shape index (κ3) is 3.39. The van der Waals surface area contributed by atoms with E-state index in [9.17, 15) is 14.0 Å². The molecule has 0 heterocycles. The zero-order chi connectivity index (χ0) is 13.0. The summed E-state index contributed by atoms with van der Waals surface area (Å²) < 4.78 is 13.5. The largest absolute Gasteiger partial charge is 0.349 e. The van der Waals surface area contributed by atoms with E-state index in [1.165, 1.54) is 12.1 Å². The molecule has 1 N–H and O–H groups in total. The lowest BCUT2D eigenvalue weighted by Crippen LogP contribution is -2.25. The number of aldehydes is 1. The Bertz CT molecular complexity index is 455. The summed E-state index contributed by atoms with van der Waals surface area (Å²) in [4.78, 5) is 22.0. The van der Waals surface area contributed by atoms with E-state index in [4.69, 9.17) is 0 Å². The van der Waals surface area contributed by atoms with Crippen LogP contribution < -0.4 is 5.32 Å². The van der Waals surface area contributed by atoms with Crippen LogP contribution in [0.25, 0.3) is 0 Å². The number of carbonyl (C=O) groups is 2. The SMILES string of the molecule is O=CCCCc1cc(C(=O)NC2CC2)ccc1F. The lowest BCUT2D eigenvalue weighted by molar-refractivity contribution is -0.107. The van der Waals surface area contributed by atoms with Crippen molar-refractivity contribution in [1.82, 2.24) is 5.32 Å². The minimum Gasteiger partial charge on any atom is -0.349 e. The van der Waals surface area contributed by atoms with E-state index in [1.54, 1.807) is 6.07 Å². The molecule has 18 heavy (non-hydrogen) atoms. The van der Waals surface area contributed by atoms with E-state index < -0.39 is 0 Å². The summed E-state index contributed by atoms with van der Waals surface area (Å²) in [6, 6.07) is 4.69. The molecular weight excluding hydrogens is 233 g/mol. The molecule has 1 aliphatic carbocycles. The predicted molar refractivity (Wildman–Crippen MR) is 65.9 cm³/mol. The molecule has 4 heteroatoms. The Balaban J connectivity index is 2.04. The van der Waals surface area contributed by atoms with Crippen LogP contribution in [0.1, 0.15) is 41.6 Å². The van der Waals surface area contributed by atoms with Crippen molar-refractivity contribution < 1.29 is 14.0 Å². The fourth-order valence-electron chi connectivity index (χ4n) is 1.78. The fourth-order valence-corrected chi connectivity index (χ4v) is 1.78. The van der Waals surface area contributed by atoms with Crippen LogP contribution in [0.3, 0.4) is 0 Å². The standard InChI is InChI=1S/C14H16FNO2/c15-13-7-4-11(14(18)16-12-5-6-12)9-10(13)3-1-2-8-17/h4,7-9,12H,1-3,5-6H2,(H,16,18). The summed E-state index contributed by atoms with van der Waals surface area (Å²) >= 11 is 0. The van der Waals surface area contributed by atoms with E-state index >= 15 is 0 Å². The van der Waals surface area contributed by atoms with Crippen LogP contribution in [0.2, 0.25) is 0 Å². The van der Waals surface area contributed by atoms with Crippen molar-refractivity contribution in [3.8, 4) is 0 Å². The molecule has 1 saturated carbocycles.